The molecule has 1 aromatic rings. The normalized spacial score (nSPS) is 14.2. The summed E-state index contributed by atoms with van der Waals surface area (Å²) in [4.78, 5) is 11.7. The van der Waals surface area contributed by atoms with Crippen molar-refractivity contribution in [2.24, 2.45) is 0 Å². The number of hydrogen-bond acceptors (Lipinski definition) is 2. The maximum atomic E-state index is 13.1. The molecule has 1 aromatic carbocycles. The zero-order valence-electron chi connectivity index (χ0n) is 10.4. The van der Waals surface area contributed by atoms with E-state index in [0.29, 0.717) is 12.0 Å². The molecule has 4 heteroatoms. The van der Waals surface area contributed by atoms with Gasteiger partial charge in [-0.3, -0.25) is 4.79 Å². The van der Waals surface area contributed by atoms with Crippen molar-refractivity contribution in [1.29, 1.82) is 0 Å². The third kappa shape index (κ3) is 4.15. The molecule has 17 heavy (non-hydrogen) atoms. The molecule has 0 aliphatic rings. The fourth-order valence-corrected chi connectivity index (χ4v) is 1.37. The van der Waals surface area contributed by atoms with Gasteiger partial charge < -0.3 is 10.4 Å². The Hall–Kier alpha value is -1.42. The zero-order chi connectivity index (χ0) is 13.1. The Kier molecular flexibility index (Phi) is 4.23. The summed E-state index contributed by atoms with van der Waals surface area (Å²) in [5, 5.41) is 12.3. The molecule has 94 valence electrons. The maximum Gasteiger partial charge on any atom is 0.251 e. The molecule has 0 radical (unpaired) electrons. The van der Waals surface area contributed by atoms with Crippen LogP contribution in [-0.4, -0.2) is 23.2 Å². The van der Waals surface area contributed by atoms with Crippen molar-refractivity contribution in [3.8, 4) is 0 Å². The van der Waals surface area contributed by atoms with Crippen LogP contribution in [0, 0.1) is 12.7 Å². The summed E-state index contributed by atoms with van der Waals surface area (Å²) in [5.41, 5.74) is 0.0321. The molecule has 0 saturated heterocycles. The lowest BCUT2D eigenvalue weighted by atomic mass is 10.0. The van der Waals surface area contributed by atoms with Crippen molar-refractivity contribution in [3.05, 3.63) is 35.1 Å². The van der Waals surface area contributed by atoms with Crippen LogP contribution >= 0.6 is 0 Å². The number of aliphatic hydroxyl groups is 1. The highest BCUT2D eigenvalue weighted by Crippen LogP contribution is 2.10. The SMILES string of the molecule is CCC(C)(O)CNC(=O)c1cc(C)cc(F)c1. The zero-order valence-corrected chi connectivity index (χ0v) is 10.4. The number of aryl methyl sites for hydroxylation is 1. The molecule has 0 bridgehead atoms. The summed E-state index contributed by atoms with van der Waals surface area (Å²) in [6, 6.07) is 4.15. The molecular weight excluding hydrogens is 221 g/mol. The summed E-state index contributed by atoms with van der Waals surface area (Å²) in [5.74, 6) is -0.807. The van der Waals surface area contributed by atoms with Gasteiger partial charge in [-0.15, -0.1) is 0 Å². The molecule has 2 N–H and O–H groups in total. The lowest BCUT2D eigenvalue weighted by Gasteiger charge is -2.21. The molecule has 1 atom stereocenters. The average Bonchev–Trinajstić information content (AvgIpc) is 2.24. The smallest absolute Gasteiger partial charge is 0.251 e. The molecule has 1 unspecified atom stereocenters. The van der Waals surface area contributed by atoms with E-state index >= 15 is 0 Å². The van der Waals surface area contributed by atoms with Gasteiger partial charge in [-0.2, -0.15) is 0 Å². The van der Waals surface area contributed by atoms with Crippen LogP contribution in [0.4, 0.5) is 4.39 Å². The fraction of sp³-hybridized carbons (Fsp3) is 0.462. The van der Waals surface area contributed by atoms with Crippen molar-refractivity contribution in [2.45, 2.75) is 32.8 Å². The first-order valence-corrected chi connectivity index (χ1v) is 5.62. The van der Waals surface area contributed by atoms with Crippen molar-refractivity contribution in [1.82, 2.24) is 5.32 Å². The Labute approximate surface area is 101 Å². The van der Waals surface area contributed by atoms with E-state index in [9.17, 15) is 14.3 Å². The van der Waals surface area contributed by atoms with Gasteiger partial charge in [-0.25, -0.2) is 4.39 Å². The molecule has 0 aromatic heterocycles. The predicted molar refractivity (Wildman–Crippen MR) is 64.4 cm³/mol. The van der Waals surface area contributed by atoms with Crippen LogP contribution in [0.3, 0.4) is 0 Å². The highest BCUT2D eigenvalue weighted by molar-refractivity contribution is 5.94. The number of rotatable bonds is 4. The molecular formula is C13H18FNO2. The van der Waals surface area contributed by atoms with Gasteiger partial charge in [0.2, 0.25) is 0 Å². The van der Waals surface area contributed by atoms with Gasteiger partial charge in [0, 0.05) is 12.1 Å². The van der Waals surface area contributed by atoms with E-state index in [1.165, 1.54) is 12.1 Å². The van der Waals surface area contributed by atoms with Gasteiger partial charge in [-0.1, -0.05) is 6.92 Å². The summed E-state index contributed by atoms with van der Waals surface area (Å²) in [6.07, 6.45) is 0.537. The van der Waals surface area contributed by atoms with Crippen LogP contribution in [0.5, 0.6) is 0 Å². The minimum Gasteiger partial charge on any atom is -0.388 e. The molecule has 0 saturated carbocycles. The van der Waals surface area contributed by atoms with E-state index in [0.717, 1.165) is 0 Å². The van der Waals surface area contributed by atoms with Crippen LogP contribution in [0.15, 0.2) is 18.2 Å². The molecule has 0 aliphatic carbocycles. The van der Waals surface area contributed by atoms with E-state index < -0.39 is 11.4 Å². The number of benzene rings is 1. The average molecular weight is 239 g/mol. The molecule has 0 spiro atoms. The monoisotopic (exact) mass is 239 g/mol. The Balaban J connectivity index is 2.70. The van der Waals surface area contributed by atoms with E-state index in [2.05, 4.69) is 5.32 Å². The van der Waals surface area contributed by atoms with E-state index in [1.807, 2.05) is 6.92 Å². The van der Waals surface area contributed by atoms with Crippen LogP contribution in [-0.2, 0) is 0 Å². The first-order chi connectivity index (χ1) is 7.84. The van der Waals surface area contributed by atoms with E-state index in [1.54, 1.807) is 19.9 Å². The number of halogens is 1. The lowest BCUT2D eigenvalue weighted by molar-refractivity contribution is 0.0518. The second kappa shape index (κ2) is 5.27. The fourth-order valence-electron chi connectivity index (χ4n) is 1.37. The molecule has 0 fully saturated rings. The van der Waals surface area contributed by atoms with Crippen LogP contribution in [0.25, 0.3) is 0 Å². The minimum absolute atomic E-state index is 0.151. The first kappa shape index (κ1) is 13.6. The van der Waals surface area contributed by atoms with Crippen LogP contribution < -0.4 is 5.32 Å². The van der Waals surface area contributed by atoms with Gasteiger partial charge in [0.1, 0.15) is 5.82 Å². The summed E-state index contributed by atoms with van der Waals surface area (Å²) < 4.78 is 13.1. The highest BCUT2D eigenvalue weighted by atomic mass is 19.1. The lowest BCUT2D eigenvalue weighted by Crippen LogP contribution is -2.40. The van der Waals surface area contributed by atoms with Gasteiger partial charge >= 0.3 is 0 Å². The molecule has 1 amide bonds. The third-order valence-electron chi connectivity index (χ3n) is 2.70. The Morgan fingerprint density at radius 3 is 2.65 bits per heavy atom. The second-order valence-corrected chi connectivity index (χ2v) is 4.55. The first-order valence-electron chi connectivity index (χ1n) is 5.62. The predicted octanol–water partition coefficient (Wildman–Crippen LogP) is 2.02. The quantitative estimate of drug-likeness (QED) is 0.844. The number of amides is 1. The molecule has 3 nitrogen and oxygen atoms in total. The van der Waals surface area contributed by atoms with E-state index in [4.69, 9.17) is 0 Å². The molecule has 0 aliphatic heterocycles. The Morgan fingerprint density at radius 2 is 2.12 bits per heavy atom. The molecule has 1 rings (SSSR count). The second-order valence-electron chi connectivity index (χ2n) is 4.55. The largest absolute Gasteiger partial charge is 0.388 e. The Morgan fingerprint density at radius 1 is 1.47 bits per heavy atom. The van der Waals surface area contributed by atoms with Gasteiger partial charge in [0.25, 0.3) is 5.91 Å². The number of carbonyl (C=O) groups excluding carboxylic acids is 1. The van der Waals surface area contributed by atoms with Crippen LogP contribution in [0.2, 0.25) is 0 Å². The third-order valence-corrected chi connectivity index (χ3v) is 2.70. The number of carbonyl (C=O) groups is 1. The molecule has 0 heterocycles. The topological polar surface area (TPSA) is 49.3 Å². The van der Waals surface area contributed by atoms with E-state index in [-0.39, 0.29) is 18.0 Å². The minimum atomic E-state index is -0.933. The van der Waals surface area contributed by atoms with Crippen LogP contribution in [0.1, 0.15) is 36.2 Å². The number of nitrogens with one attached hydrogen (secondary N) is 1. The van der Waals surface area contributed by atoms with Gasteiger partial charge in [-0.05, 0) is 44.0 Å². The summed E-state index contributed by atoms with van der Waals surface area (Å²) >= 11 is 0. The standard InChI is InChI=1S/C13H18FNO2/c1-4-13(3,17)8-15-12(16)10-5-9(2)6-11(14)7-10/h5-7,17H,4,8H2,1-3H3,(H,15,16). The van der Waals surface area contributed by atoms with Crippen molar-refractivity contribution >= 4 is 5.91 Å². The summed E-state index contributed by atoms with van der Waals surface area (Å²) in [6.45, 7) is 5.35. The Bertz CT molecular complexity index is 396. The summed E-state index contributed by atoms with van der Waals surface area (Å²) in [7, 11) is 0. The van der Waals surface area contributed by atoms with Gasteiger partial charge in [0.05, 0.1) is 5.60 Å². The van der Waals surface area contributed by atoms with Gasteiger partial charge in [0.15, 0.2) is 0 Å². The van der Waals surface area contributed by atoms with Crippen molar-refractivity contribution < 1.29 is 14.3 Å². The maximum absolute atomic E-state index is 13.1. The van der Waals surface area contributed by atoms with Crippen molar-refractivity contribution in [3.63, 3.8) is 0 Å². The highest BCUT2D eigenvalue weighted by Gasteiger charge is 2.19. The van der Waals surface area contributed by atoms with Crippen molar-refractivity contribution in [2.75, 3.05) is 6.54 Å². The number of hydrogen-bond donors (Lipinski definition) is 2.